The van der Waals surface area contributed by atoms with Crippen LogP contribution in [0.5, 0.6) is 11.6 Å². The monoisotopic (exact) mass is 584 g/mol. The molecule has 0 saturated carbocycles. The minimum absolute atomic E-state index is 0.00445. The molecule has 8 nitrogen and oxygen atoms in total. The summed E-state index contributed by atoms with van der Waals surface area (Å²) in [6.07, 6.45) is 6.59. The van der Waals surface area contributed by atoms with Crippen LogP contribution in [0.1, 0.15) is 66.7 Å². The maximum Gasteiger partial charge on any atom is 0.216 e. The highest BCUT2D eigenvalue weighted by Gasteiger charge is 2.23. The van der Waals surface area contributed by atoms with Gasteiger partial charge in [-0.1, -0.05) is 23.2 Å². The summed E-state index contributed by atoms with van der Waals surface area (Å²) in [5, 5.41) is 13.6. The van der Waals surface area contributed by atoms with Crippen LogP contribution in [0, 0.1) is 19.3 Å². The summed E-state index contributed by atoms with van der Waals surface area (Å²) < 4.78 is 23.7. The Morgan fingerprint density at radius 2 is 1.95 bits per heavy atom. The van der Waals surface area contributed by atoms with Gasteiger partial charge in [-0.05, 0) is 64.3 Å². The highest BCUT2D eigenvalue weighted by Crippen LogP contribution is 2.36. The Morgan fingerprint density at radius 1 is 1.10 bits per heavy atom. The van der Waals surface area contributed by atoms with Crippen molar-refractivity contribution in [1.82, 2.24) is 9.97 Å². The molecule has 212 valence electrons. The van der Waals surface area contributed by atoms with Gasteiger partial charge in [-0.15, -0.1) is 0 Å². The second-order valence-electron chi connectivity index (χ2n) is 10.2. The molecule has 3 aromatic rings. The second-order valence-corrected chi connectivity index (χ2v) is 11.0. The van der Waals surface area contributed by atoms with Crippen molar-refractivity contribution in [3.63, 3.8) is 0 Å². The number of halogens is 2. The van der Waals surface area contributed by atoms with Crippen LogP contribution in [0.2, 0.25) is 10.0 Å². The standard InChI is InChI=1S/C30H34Cl2N4O4/c1-17-12-20(14-35-30(17)40-22-9-11-37-16-22)29(33)23-13-21(7-8-25(23)36-26-6-4-5-10-38-26)39-19(3)27-24(31)15-34-18(2)28(27)32/h7-8,12-15,19,22,26,33,36H,4-6,9-11,16H2,1-3H3/t19-,22-,26?/m1/s1. The first-order valence-corrected chi connectivity index (χ1v) is 14.4. The van der Waals surface area contributed by atoms with Gasteiger partial charge in [0.05, 0.1) is 34.7 Å². The van der Waals surface area contributed by atoms with Crippen LogP contribution < -0.4 is 14.8 Å². The first-order chi connectivity index (χ1) is 19.3. The third-order valence-electron chi connectivity index (χ3n) is 7.14. The zero-order chi connectivity index (χ0) is 28.2. The Balaban J connectivity index is 1.43. The van der Waals surface area contributed by atoms with Crippen LogP contribution in [0.25, 0.3) is 0 Å². The summed E-state index contributed by atoms with van der Waals surface area (Å²) in [5.41, 5.74) is 4.64. The van der Waals surface area contributed by atoms with Gasteiger partial charge in [0.15, 0.2) is 0 Å². The molecule has 2 aromatic heterocycles. The van der Waals surface area contributed by atoms with E-state index in [2.05, 4.69) is 15.3 Å². The third-order valence-corrected chi connectivity index (χ3v) is 7.92. The normalized spacial score (nSPS) is 19.7. The molecule has 2 N–H and O–H groups in total. The van der Waals surface area contributed by atoms with Gasteiger partial charge in [0.25, 0.3) is 0 Å². The minimum atomic E-state index is -0.441. The molecule has 2 saturated heterocycles. The Morgan fingerprint density at radius 3 is 2.67 bits per heavy atom. The minimum Gasteiger partial charge on any atom is -0.486 e. The lowest BCUT2D eigenvalue weighted by molar-refractivity contribution is 0.0343. The fourth-order valence-corrected chi connectivity index (χ4v) is 5.56. The van der Waals surface area contributed by atoms with E-state index in [9.17, 15) is 5.41 Å². The van der Waals surface area contributed by atoms with E-state index in [-0.39, 0.29) is 12.3 Å². The number of nitrogens with one attached hydrogen (secondary N) is 2. The summed E-state index contributed by atoms with van der Waals surface area (Å²) >= 11 is 13.0. The van der Waals surface area contributed by atoms with Crippen LogP contribution in [0.15, 0.2) is 36.7 Å². The molecule has 4 heterocycles. The Kier molecular flexibility index (Phi) is 9.10. The van der Waals surface area contributed by atoms with Crippen LogP contribution >= 0.6 is 23.2 Å². The molecule has 40 heavy (non-hydrogen) atoms. The molecule has 0 bridgehead atoms. The van der Waals surface area contributed by atoms with Crippen molar-refractivity contribution in [2.45, 2.75) is 64.9 Å². The van der Waals surface area contributed by atoms with E-state index in [1.807, 2.05) is 45.0 Å². The summed E-state index contributed by atoms with van der Waals surface area (Å²) in [4.78, 5) is 8.76. The molecule has 10 heteroatoms. The van der Waals surface area contributed by atoms with Crippen LogP contribution in [0.3, 0.4) is 0 Å². The van der Waals surface area contributed by atoms with Gasteiger partial charge in [0, 0.05) is 53.4 Å². The van der Waals surface area contributed by atoms with Crippen LogP contribution in [-0.4, -0.2) is 47.8 Å². The molecule has 3 atom stereocenters. The van der Waals surface area contributed by atoms with Gasteiger partial charge >= 0.3 is 0 Å². The van der Waals surface area contributed by atoms with Gasteiger partial charge < -0.3 is 24.3 Å². The SMILES string of the molecule is Cc1cc(C(=N)c2cc(O[C@H](C)c3c(Cl)cnc(C)c3Cl)ccc2NC2CCCCO2)cnc1O[C@@H]1CCOC1. The van der Waals surface area contributed by atoms with Crippen LogP contribution in [-0.2, 0) is 9.47 Å². The highest BCUT2D eigenvalue weighted by molar-refractivity contribution is 6.36. The Labute approximate surface area is 244 Å². The molecule has 5 rings (SSSR count). The number of aryl methyl sites for hydroxylation is 2. The summed E-state index contributed by atoms with van der Waals surface area (Å²) in [6.45, 7) is 7.64. The Bertz CT molecular complexity index is 1370. The number of rotatable bonds is 9. The number of anilines is 1. The lowest BCUT2D eigenvalue weighted by Crippen LogP contribution is -2.28. The fraction of sp³-hybridized carbons (Fsp3) is 0.433. The molecular weight excluding hydrogens is 551 g/mol. The number of aromatic nitrogens is 2. The maximum absolute atomic E-state index is 9.17. The molecule has 0 aliphatic carbocycles. The highest BCUT2D eigenvalue weighted by atomic mass is 35.5. The van der Waals surface area contributed by atoms with Gasteiger partial charge in [0.1, 0.15) is 24.2 Å². The number of nitrogens with zero attached hydrogens (tertiary/aromatic N) is 2. The molecule has 1 aromatic carbocycles. The maximum atomic E-state index is 9.17. The number of hydrogen-bond acceptors (Lipinski definition) is 8. The number of ether oxygens (including phenoxy) is 4. The smallest absolute Gasteiger partial charge is 0.216 e. The van der Waals surface area contributed by atoms with E-state index >= 15 is 0 Å². The predicted octanol–water partition coefficient (Wildman–Crippen LogP) is 7.06. The fourth-order valence-electron chi connectivity index (χ4n) is 4.91. The van der Waals surface area contributed by atoms with E-state index in [1.165, 1.54) is 0 Å². The second kappa shape index (κ2) is 12.7. The van der Waals surface area contributed by atoms with E-state index < -0.39 is 6.10 Å². The average Bonchev–Trinajstić information content (AvgIpc) is 3.46. The average molecular weight is 586 g/mol. The molecular formula is C30H34Cl2N4O4. The molecule has 0 spiro atoms. The summed E-state index contributed by atoms with van der Waals surface area (Å²) in [6, 6.07) is 7.58. The number of pyridine rings is 2. The molecule has 1 unspecified atom stereocenters. The van der Waals surface area contributed by atoms with Gasteiger partial charge in [0.2, 0.25) is 5.88 Å². The van der Waals surface area contributed by atoms with Crippen LogP contribution in [0.4, 0.5) is 5.69 Å². The topological polar surface area (TPSA) is 98.6 Å². The third kappa shape index (κ3) is 6.52. The van der Waals surface area contributed by atoms with Crippen molar-refractivity contribution >= 4 is 34.6 Å². The molecule has 2 aliphatic heterocycles. The Hall–Kier alpha value is -2.91. The van der Waals surface area contributed by atoms with Gasteiger partial charge in [-0.25, -0.2) is 4.98 Å². The van der Waals surface area contributed by atoms with Crippen molar-refractivity contribution < 1.29 is 18.9 Å². The first kappa shape index (κ1) is 28.6. The number of benzene rings is 1. The van der Waals surface area contributed by atoms with E-state index in [1.54, 1.807) is 12.4 Å². The van der Waals surface area contributed by atoms with Gasteiger partial charge in [-0.2, -0.15) is 0 Å². The lowest BCUT2D eigenvalue weighted by Gasteiger charge is -2.26. The molecule has 2 aliphatic rings. The molecule has 0 amide bonds. The van der Waals surface area contributed by atoms with E-state index in [4.69, 9.17) is 42.1 Å². The van der Waals surface area contributed by atoms with Crippen molar-refractivity contribution in [2.75, 3.05) is 25.1 Å². The predicted molar refractivity (Wildman–Crippen MR) is 156 cm³/mol. The van der Waals surface area contributed by atoms with E-state index in [0.717, 1.165) is 36.9 Å². The zero-order valence-electron chi connectivity index (χ0n) is 22.9. The van der Waals surface area contributed by atoms with Gasteiger partial charge in [-0.3, -0.25) is 10.4 Å². The van der Waals surface area contributed by atoms with Crippen molar-refractivity contribution in [3.8, 4) is 11.6 Å². The quantitative estimate of drug-likeness (QED) is 0.260. The number of hydrogen-bond donors (Lipinski definition) is 2. The molecule has 0 radical (unpaired) electrons. The lowest BCUT2D eigenvalue weighted by atomic mass is 10.00. The summed E-state index contributed by atoms with van der Waals surface area (Å²) in [7, 11) is 0. The zero-order valence-corrected chi connectivity index (χ0v) is 24.4. The largest absolute Gasteiger partial charge is 0.486 e. The molecule has 2 fully saturated rings. The van der Waals surface area contributed by atoms with E-state index in [0.29, 0.717) is 69.6 Å². The summed E-state index contributed by atoms with van der Waals surface area (Å²) in [5.74, 6) is 1.14. The van der Waals surface area contributed by atoms with Crippen molar-refractivity contribution in [3.05, 3.63) is 74.7 Å². The van der Waals surface area contributed by atoms with Crippen molar-refractivity contribution in [1.29, 1.82) is 5.41 Å². The first-order valence-electron chi connectivity index (χ1n) is 13.6. The van der Waals surface area contributed by atoms with Crippen molar-refractivity contribution in [2.24, 2.45) is 0 Å².